The van der Waals surface area contributed by atoms with Gasteiger partial charge in [0.1, 0.15) is 6.04 Å². The summed E-state index contributed by atoms with van der Waals surface area (Å²) in [5.41, 5.74) is 8.12. The molecule has 142 valence electrons. The number of carbonyl (C=O) groups is 1. The van der Waals surface area contributed by atoms with Crippen molar-refractivity contribution < 1.29 is 9.32 Å². The molecule has 3 aromatic rings. The Bertz CT molecular complexity index is 839. The van der Waals surface area contributed by atoms with Gasteiger partial charge in [0, 0.05) is 6.42 Å². The first-order chi connectivity index (χ1) is 12.6. The van der Waals surface area contributed by atoms with E-state index in [0.29, 0.717) is 24.6 Å². The maximum absolute atomic E-state index is 12.3. The molecule has 0 fully saturated rings. The first-order valence-corrected chi connectivity index (χ1v) is 8.58. The van der Waals surface area contributed by atoms with E-state index < -0.39 is 12.1 Å². The molecule has 0 aliphatic carbocycles. The van der Waals surface area contributed by atoms with Crippen LogP contribution in [-0.2, 0) is 17.6 Å². The zero-order chi connectivity index (χ0) is 18.4. The number of carbonyl (C=O) groups excluding carboxylic acids is 1. The van der Waals surface area contributed by atoms with Gasteiger partial charge in [-0.3, -0.25) is 4.79 Å². The fourth-order valence-electron chi connectivity index (χ4n) is 2.64. The topological polar surface area (TPSA) is 94.0 Å². The molecule has 6 nitrogen and oxygen atoms in total. The maximum Gasteiger partial charge on any atom is 0.248 e. The Hall–Kier alpha value is -2.70. The van der Waals surface area contributed by atoms with Crippen LogP contribution in [0.3, 0.4) is 0 Å². The third kappa shape index (κ3) is 5.91. The Kier molecular flexibility index (Phi) is 7.52. The summed E-state index contributed by atoms with van der Waals surface area (Å²) in [6.07, 6.45) is 1.06. The van der Waals surface area contributed by atoms with Crippen LogP contribution < -0.4 is 11.1 Å². The highest BCUT2D eigenvalue weighted by molar-refractivity contribution is 5.85. The fourth-order valence-corrected chi connectivity index (χ4v) is 2.64. The van der Waals surface area contributed by atoms with Gasteiger partial charge in [0.25, 0.3) is 0 Å². The summed E-state index contributed by atoms with van der Waals surface area (Å²) in [5, 5.41) is 6.82. The quantitative estimate of drug-likeness (QED) is 0.651. The number of benzene rings is 2. The van der Waals surface area contributed by atoms with Gasteiger partial charge in [0.05, 0.1) is 6.04 Å². The minimum Gasteiger partial charge on any atom is -0.343 e. The van der Waals surface area contributed by atoms with Crippen molar-refractivity contribution in [2.24, 2.45) is 5.73 Å². The van der Waals surface area contributed by atoms with E-state index in [4.69, 9.17) is 10.3 Å². The summed E-state index contributed by atoms with van der Waals surface area (Å²) in [7, 11) is 0. The summed E-state index contributed by atoms with van der Waals surface area (Å²) in [6, 6.07) is 18.5. The molecule has 27 heavy (non-hydrogen) atoms. The Morgan fingerprint density at radius 1 is 1.07 bits per heavy atom. The molecule has 2 atom stereocenters. The second-order valence-electron chi connectivity index (χ2n) is 6.24. The molecule has 3 rings (SSSR count). The summed E-state index contributed by atoms with van der Waals surface area (Å²) >= 11 is 0. The molecule has 0 aliphatic heterocycles. The number of nitrogens with zero attached hydrogens (tertiary/aromatic N) is 2. The van der Waals surface area contributed by atoms with Crippen molar-refractivity contribution in [3.63, 3.8) is 0 Å². The predicted molar refractivity (Wildman–Crippen MR) is 105 cm³/mol. The van der Waals surface area contributed by atoms with Gasteiger partial charge in [-0.15, -0.1) is 12.4 Å². The van der Waals surface area contributed by atoms with Gasteiger partial charge in [-0.05, 0) is 24.5 Å². The number of aromatic nitrogens is 2. The molecular weight excluding hydrogens is 364 g/mol. The maximum atomic E-state index is 12.3. The van der Waals surface area contributed by atoms with Gasteiger partial charge in [-0.2, -0.15) is 4.98 Å². The standard InChI is InChI=1S/C20H22N4O2.ClH/c1-14(22-19(25)17(21)12-15-8-4-2-5-9-15)20-23-18(24-26-20)13-16-10-6-3-7-11-16;/h2-11,14,17H,12-13,21H2,1H3,(H,22,25);1H/t14?,17-;/m0./s1. The summed E-state index contributed by atoms with van der Waals surface area (Å²) < 4.78 is 5.28. The lowest BCUT2D eigenvalue weighted by Crippen LogP contribution is -2.43. The van der Waals surface area contributed by atoms with Crippen molar-refractivity contribution in [2.75, 3.05) is 0 Å². The lowest BCUT2D eigenvalue weighted by molar-refractivity contribution is -0.123. The molecule has 1 aromatic heterocycles. The molecule has 1 unspecified atom stereocenters. The van der Waals surface area contributed by atoms with E-state index in [9.17, 15) is 4.79 Å². The first-order valence-electron chi connectivity index (χ1n) is 8.58. The Labute approximate surface area is 164 Å². The fraction of sp³-hybridized carbons (Fsp3) is 0.250. The molecule has 0 bridgehead atoms. The van der Waals surface area contributed by atoms with E-state index in [1.54, 1.807) is 6.92 Å². The number of hydrogen-bond donors (Lipinski definition) is 2. The van der Waals surface area contributed by atoms with E-state index in [1.165, 1.54) is 0 Å². The van der Waals surface area contributed by atoms with Gasteiger partial charge in [-0.1, -0.05) is 65.8 Å². The van der Waals surface area contributed by atoms with Crippen LogP contribution in [0.2, 0.25) is 0 Å². The van der Waals surface area contributed by atoms with E-state index in [1.807, 2.05) is 60.7 Å². The van der Waals surface area contributed by atoms with E-state index in [2.05, 4.69) is 15.5 Å². The molecule has 0 saturated carbocycles. The van der Waals surface area contributed by atoms with Crippen LogP contribution in [0.15, 0.2) is 65.2 Å². The monoisotopic (exact) mass is 386 g/mol. The van der Waals surface area contributed by atoms with Crippen molar-refractivity contribution in [2.45, 2.75) is 31.8 Å². The van der Waals surface area contributed by atoms with E-state index in [0.717, 1.165) is 11.1 Å². The van der Waals surface area contributed by atoms with Gasteiger partial charge in [0.15, 0.2) is 5.82 Å². The van der Waals surface area contributed by atoms with Crippen LogP contribution in [0.1, 0.15) is 35.8 Å². The molecular formula is C20H23ClN4O2. The molecule has 1 heterocycles. The van der Waals surface area contributed by atoms with E-state index in [-0.39, 0.29) is 18.3 Å². The van der Waals surface area contributed by atoms with Crippen molar-refractivity contribution >= 4 is 18.3 Å². The van der Waals surface area contributed by atoms with Crippen LogP contribution >= 0.6 is 12.4 Å². The second kappa shape index (κ2) is 9.85. The zero-order valence-corrected chi connectivity index (χ0v) is 15.9. The Balaban J connectivity index is 0.00000261. The smallest absolute Gasteiger partial charge is 0.248 e. The third-order valence-corrected chi connectivity index (χ3v) is 4.05. The SMILES string of the molecule is CC(NC(=O)[C@@H](N)Cc1ccccc1)c1nc(Cc2ccccc2)no1.Cl. The summed E-state index contributed by atoms with van der Waals surface area (Å²) in [5.74, 6) is 0.709. The molecule has 1 amide bonds. The Morgan fingerprint density at radius 3 is 2.30 bits per heavy atom. The number of nitrogens with two attached hydrogens (primary N) is 1. The summed E-state index contributed by atoms with van der Waals surface area (Å²) in [4.78, 5) is 16.7. The zero-order valence-electron chi connectivity index (χ0n) is 15.0. The van der Waals surface area contributed by atoms with Gasteiger partial charge in [-0.25, -0.2) is 0 Å². The van der Waals surface area contributed by atoms with Crippen molar-refractivity contribution in [3.05, 3.63) is 83.5 Å². The largest absolute Gasteiger partial charge is 0.343 e. The minimum atomic E-state index is -0.633. The third-order valence-electron chi connectivity index (χ3n) is 4.05. The van der Waals surface area contributed by atoms with E-state index >= 15 is 0 Å². The molecule has 2 aromatic carbocycles. The highest BCUT2D eigenvalue weighted by Crippen LogP contribution is 2.13. The molecule has 0 saturated heterocycles. The molecule has 0 aliphatic rings. The normalized spacial score (nSPS) is 12.7. The average molecular weight is 387 g/mol. The van der Waals surface area contributed by atoms with Gasteiger partial charge < -0.3 is 15.6 Å². The lowest BCUT2D eigenvalue weighted by atomic mass is 10.1. The van der Waals surface area contributed by atoms with Crippen LogP contribution in [-0.4, -0.2) is 22.1 Å². The summed E-state index contributed by atoms with van der Waals surface area (Å²) in [6.45, 7) is 1.80. The highest BCUT2D eigenvalue weighted by Gasteiger charge is 2.20. The molecule has 3 N–H and O–H groups in total. The minimum absolute atomic E-state index is 0. The molecule has 7 heteroatoms. The number of hydrogen-bond acceptors (Lipinski definition) is 5. The van der Waals surface area contributed by atoms with Crippen LogP contribution in [0.4, 0.5) is 0 Å². The predicted octanol–water partition coefficient (Wildman–Crippen LogP) is 2.83. The number of amides is 1. The number of rotatable bonds is 7. The average Bonchev–Trinajstić information content (AvgIpc) is 3.12. The lowest BCUT2D eigenvalue weighted by Gasteiger charge is -2.15. The van der Waals surface area contributed by atoms with Crippen LogP contribution in [0, 0.1) is 0 Å². The van der Waals surface area contributed by atoms with Gasteiger partial charge in [0.2, 0.25) is 11.8 Å². The van der Waals surface area contributed by atoms with Crippen LogP contribution in [0.5, 0.6) is 0 Å². The highest BCUT2D eigenvalue weighted by atomic mass is 35.5. The van der Waals surface area contributed by atoms with Crippen LogP contribution in [0.25, 0.3) is 0 Å². The van der Waals surface area contributed by atoms with Gasteiger partial charge >= 0.3 is 0 Å². The molecule has 0 radical (unpaired) electrons. The van der Waals surface area contributed by atoms with Crippen molar-refractivity contribution in [1.82, 2.24) is 15.5 Å². The number of halogens is 1. The Morgan fingerprint density at radius 2 is 1.67 bits per heavy atom. The molecule has 0 spiro atoms. The first kappa shape index (κ1) is 20.6. The number of nitrogens with one attached hydrogen (secondary N) is 1. The van der Waals surface area contributed by atoms with Crippen molar-refractivity contribution in [1.29, 1.82) is 0 Å². The van der Waals surface area contributed by atoms with Crippen molar-refractivity contribution in [3.8, 4) is 0 Å². The second-order valence-corrected chi connectivity index (χ2v) is 6.24.